The first-order valence-corrected chi connectivity index (χ1v) is 8.36. The molecule has 1 aromatic carbocycles. The number of Topliss-reactive ketones (excluding diaryl/α,β-unsaturated/α-hetero) is 1. The maximum absolute atomic E-state index is 12.9. The molecule has 0 saturated carbocycles. The van der Waals surface area contributed by atoms with Crippen LogP contribution in [0.4, 0.5) is 23.7 Å². The minimum Gasteiger partial charge on any atom is -0.444 e. The Morgan fingerprint density at radius 3 is 2.67 bits per heavy atom. The third-order valence-corrected chi connectivity index (χ3v) is 3.73. The third kappa shape index (κ3) is 6.76. The number of anilines is 1. The van der Waals surface area contributed by atoms with Gasteiger partial charge in [-0.05, 0) is 25.8 Å². The standard InChI is InChI=1S/C18H20F3N3O3/c1-13(25)6-4-5-9-24-11-15(10-22-24)23-17(26)27-12-14-7-2-3-8-16(14)18(19,20)21/h2-3,7-8,10-11H,4-6,9,12H2,1H3,(H,23,26). The molecule has 2 aromatic rings. The van der Waals surface area contributed by atoms with Crippen LogP contribution in [0, 0.1) is 0 Å². The van der Waals surface area contributed by atoms with E-state index in [2.05, 4.69) is 10.4 Å². The first-order chi connectivity index (χ1) is 12.8. The van der Waals surface area contributed by atoms with Gasteiger partial charge in [-0.2, -0.15) is 18.3 Å². The number of amides is 1. The average Bonchev–Trinajstić information content (AvgIpc) is 3.03. The third-order valence-electron chi connectivity index (χ3n) is 3.73. The van der Waals surface area contributed by atoms with E-state index >= 15 is 0 Å². The summed E-state index contributed by atoms with van der Waals surface area (Å²) in [4.78, 5) is 22.7. The molecule has 6 nitrogen and oxygen atoms in total. The molecule has 2 rings (SSSR count). The molecule has 9 heteroatoms. The van der Waals surface area contributed by atoms with Crippen LogP contribution in [0.2, 0.25) is 0 Å². The summed E-state index contributed by atoms with van der Waals surface area (Å²) in [5, 5.41) is 6.48. The van der Waals surface area contributed by atoms with Crippen molar-refractivity contribution in [1.82, 2.24) is 9.78 Å². The second kappa shape index (κ2) is 9.20. The smallest absolute Gasteiger partial charge is 0.416 e. The average molecular weight is 383 g/mol. The van der Waals surface area contributed by atoms with E-state index in [-0.39, 0.29) is 11.3 Å². The largest absolute Gasteiger partial charge is 0.444 e. The number of ether oxygens (including phenoxy) is 1. The van der Waals surface area contributed by atoms with Crippen LogP contribution in [-0.2, 0) is 28.9 Å². The molecule has 146 valence electrons. The molecular formula is C18H20F3N3O3. The quantitative estimate of drug-likeness (QED) is 0.686. The summed E-state index contributed by atoms with van der Waals surface area (Å²) in [5.74, 6) is 0.132. The first kappa shape index (κ1) is 20.5. The lowest BCUT2D eigenvalue weighted by molar-refractivity contribution is -0.138. The number of rotatable bonds is 8. The summed E-state index contributed by atoms with van der Waals surface area (Å²) in [6, 6.07) is 4.92. The first-order valence-electron chi connectivity index (χ1n) is 8.36. The maximum Gasteiger partial charge on any atom is 0.416 e. The number of aryl methyl sites for hydroxylation is 1. The molecule has 0 unspecified atom stereocenters. The van der Waals surface area contributed by atoms with Gasteiger partial charge in [0.1, 0.15) is 12.4 Å². The molecule has 0 saturated heterocycles. The number of ketones is 1. The number of carbonyl (C=O) groups excluding carboxylic acids is 2. The Hall–Kier alpha value is -2.84. The number of unbranched alkanes of at least 4 members (excludes halogenated alkanes) is 1. The normalized spacial score (nSPS) is 11.3. The van der Waals surface area contributed by atoms with E-state index in [0.717, 1.165) is 18.9 Å². The molecule has 0 radical (unpaired) electrons. The van der Waals surface area contributed by atoms with Gasteiger partial charge in [-0.3, -0.25) is 10.00 Å². The SMILES string of the molecule is CC(=O)CCCCn1cc(NC(=O)OCc2ccccc2C(F)(F)F)cn1. The lowest BCUT2D eigenvalue weighted by Gasteiger charge is -2.12. The van der Waals surface area contributed by atoms with Crippen molar-refractivity contribution >= 4 is 17.6 Å². The minimum absolute atomic E-state index is 0.124. The summed E-state index contributed by atoms with van der Waals surface area (Å²) >= 11 is 0. The Labute approximate surface area is 154 Å². The number of alkyl halides is 3. The zero-order chi connectivity index (χ0) is 19.9. The zero-order valence-corrected chi connectivity index (χ0v) is 14.8. The Morgan fingerprint density at radius 2 is 1.96 bits per heavy atom. The topological polar surface area (TPSA) is 73.2 Å². The predicted octanol–water partition coefficient (Wildman–Crippen LogP) is 4.41. The number of hydrogen-bond donors (Lipinski definition) is 1. The maximum atomic E-state index is 12.9. The summed E-state index contributed by atoms with van der Waals surface area (Å²) < 4.78 is 45.2. The van der Waals surface area contributed by atoms with Gasteiger partial charge in [0.05, 0.1) is 17.4 Å². The van der Waals surface area contributed by atoms with Crippen LogP contribution in [0.15, 0.2) is 36.7 Å². The van der Waals surface area contributed by atoms with E-state index in [1.54, 1.807) is 10.9 Å². The fourth-order valence-corrected chi connectivity index (χ4v) is 2.42. The number of nitrogens with one attached hydrogen (secondary N) is 1. The molecule has 0 aliphatic rings. The van der Waals surface area contributed by atoms with Crippen molar-refractivity contribution in [2.75, 3.05) is 5.32 Å². The van der Waals surface area contributed by atoms with Crippen LogP contribution in [0.25, 0.3) is 0 Å². The van der Waals surface area contributed by atoms with Crippen LogP contribution in [0.5, 0.6) is 0 Å². The molecule has 0 aliphatic heterocycles. The molecule has 0 fully saturated rings. The highest BCUT2D eigenvalue weighted by atomic mass is 19.4. The molecule has 0 atom stereocenters. The molecule has 1 heterocycles. The highest BCUT2D eigenvalue weighted by Gasteiger charge is 2.33. The summed E-state index contributed by atoms with van der Waals surface area (Å²) in [6.07, 6.45) is -0.368. The molecule has 1 amide bonds. The van der Waals surface area contributed by atoms with Crippen molar-refractivity contribution in [2.45, 2.75) is 45.5 Å². The molecule has 27 heavy (non-hydrogen) atoms. The summed E-state index contributed by atoms with van der Waals surface area (Å²) in [7, 11) is 0. The minimum atomic E-state index is -4.51. The second-order valence-electron chi connectivity index (χ2n) is 6.01. The number of benzene rings is 1. The van der Waals surface area contributed by atoms with Gasteiger partial charge >= 0.3 is 12.3 Å². The van der Waals surface area contributed by atoms with Crippen LogP contribution in [-0.4, -0.2) is 21.7 Å². The lowest BCUT2D eigenvalue weighted by atomic mass is 10.1. The molecule has 0 spiro atoms. The number of hydrogen-bond acceptors (Lipinski definition) is 4. The van der Waals surface area contributed by atoms with Crippen LogP contribution in [0.1, 0.15) is 37.3 Å². The predicted molar refractivity (Wildman–Crippen MR) is 92.0 cm³/mol. The second-order valence-corrected chi connectivity index (χ2v) is 6.01. The summed E-state index contributed by atoms with van der Waals surface area (Å²) in [6.45, 7) is 1.62. The van der Waals surface area contributed by atoms with Crippen molar-refractivity contribution in [3.05, 3.63) is 47.8 Å². The molecule has 0 aliphatic carbocycles. The van der Waals surface area contributed by atoms with Crippen molar-refractivity contribution in [1.29, 1.82) is 0 Å². The van der Waals surface area contributed by atoms with Gasteiger partial charge in [-0.1, -0.05) is 18.2 Å². The van der Waals surface area contributed by atoms with Crippen LogP contribution in [0.3, 0.4) is 0 Å². The lowest BCUT2D eigenvalue weighted by Crippen LogP contribution is -2.15. The fourth-order valence-electron chi connectivity index (χ4n) is 2.42. The Balaban J connectivity index is 1.82. The van der Waals surface area contributed by atoms with Gasteiger partial charge in [0.15, 0.2) is 0 Å². The van der Waals surface area contributed by atoms with Gasteiger partial charge < -0.3 is 9.53 Å². The van der Waals surface area contributed by atoms with Gasteiger partial charge in [0.2, 0.25) is 0 Å². The Kier molecular flexibility index (Phi) is 6.98. The van der Waals surface area contributed by atoms with Gasteiger partial charge in [-0.25, -0.2) is 4.79 Å². The summed E-state index contributed by atoms with van der Waals surface area (Å²) in [5.41, 5.74) is -0.590. The Morgan fingerprint density at radius 1 is 1.22 bits per heavy atom. The van der Waals surface area contributed by atoms with E-state index in [1.807, 2.05) is 0 Å². The monoisotopic (exact) mass is 383 g/mol. The van der Waals surface area contributed by atoms with E-state index in [9.17, 15) is 22.8 Å². The number of halogens is 3. The van der Waals surface area contributed by atoms with Crippen molar-refractivity contribution in [3.8, 4) is 0 Å². The van der Waals surface area contributed by atoms with Crippen molar-refractivity contribution in [3.63, 3.8) is 0 Å². The van der Waals surface area contributed by atoms with E-state index in [1.165, 1.54) is 31.3 Å². The van der Waals surface area contributed by atoms with E-state index < -0.39 is 24.4 Å². The molecule has 0 bridgehead atoms. The highest BCUT2D eigenvalue weighted by molar-refractivity contribution is 5.84. The molecular weight excluding hydrogens is 363 g/mol. The van der Waals surface area contributed by atoms with Crippen LogP contribution < -0.4 is 5.32 Å². The van der Waals surface area contributed by atoms with E-state index in [4.69, 9.17) is 4.74 Å². The molecule has 1 aromatic heterocycles. The number of carbonyl (C=O) groups is 2. The van der Waals surface area contributed by atoms with Crippen molar-refractivity contribution in [2.24, 2.45) is 0 Å². The van der Waals surface area contributed by atoms with Gasteiger partial charge in [0.25, 0.3) is 0 Å². The van der Waals surface area contributed by atoms with Crippen molar-refractivity contribution < 1.29 is 27.5 Å². The van der Waals surface area contributed by atoms with Gasteiger partial charge in [-0.15, -0.1) is 0 Å². The number of aromatic nitrogens is 2. The number of nitrogens with zero attached hydrogens (tertiary/aromatic N) is 2. The molecule has 1 N–H and O–H groups in total. The highest BCUT2D eigenvalue weighted by Crippen LogP contribution is 2.32. The Bertz CT molecular complexity index is 787. The van der Waals surface area contributed by atoms with Gasteiger partial charge in [0, 0.05) is 24.7 Å². The fraction of sp³-hybridized carbons (Fsp3) is 0.389. The van der Waals surface area contributed by atoms with E-state index in [0.29, 0.717) is 18.7 Å². The zero-order valence-electron chi connectivity index (χ0n) is 14.8. The van der Waals surface area contributed by atoms with Crippen LogP contribution >= 0.6 is 0 Å².